The molecule has 116 valence electrons. The summed E-state index contributed by atoms with van der Waals surface area (Å²) in [6.07, 6.45) is 4.67. The van der Waals surface area contributed by atoms with Crippen LogP contribution in [0.2, 0.25) is 4.34 Å². The van der Waals surface area contributed by atoms with Crippen LogP contribution in [0.3, 0.4) is 0 Å². The molecule has 0 aromatic carbocycles. The van der Waals surface area contributed by atoms with Gasteiger partial charge < -0.3 is 9.80 Å². The van der Waals surface area contributed by atoms with Gasteiger partial charge in [-0.25, -0.2) is 0 Å². The summed E-state index contributed by atoms with van der Waals surface area (Å²) >= 11 is 7.28. The van der Waals surface area contributed by atoms with Gasteiger partial charge in [-0.15, -0.1) is 11.3 Å². The van der Waals surface area contributed by atoms with Crippen molar-refractivity contribution in [2.24, 2.45) is 0 Å². The molecule has 1 saturated heterocycles. The van der Waals surface area contributed by atoms with Gasteiger partial charge in [-0.1, -0.05) is 11.6 Å². The number of hydrogen-bond acceptors (Lipinski definition) is 4. The molecule has 4 nitrogen and oxygen atoms in total. The van der Waals surface area contributed by atoms with E-state index in [1.54, 1.807) is 6.07 Å². The average Bonchev–Trinajstić information content (AvgIpc) is 2.81. The van der Waals surface area contributed by atoms with Crippen molar-refractivity contribution in [1.82, 2.24) is 9.88 Å². The second-order valence-electron chi connectivity index (χ2n) is 5.40. The van der Waals surface area contributed by atoms with Crippen LogP contribution in [0.15, 0.2) is 30.6 Å². The molecule has 2 aromatic heterocycles. The Morgan fingerprint density at radius 1 is 1.23 bits per heavy atom. The number of carbonyl (C=O) groups excluding carboxylic acids is 1. The van der Waals surface area contributed by atoms with E-state index in [0.717, 1.165) is 37.5 Å². The first-order valence-electron chi connectivity index (χ1n) is 7.35. The minimum Gasteiger partial charge on any atom is -0.369 e. The maximum atomic E-state index is 12.5. The molecular formula is C16H18ClN3OS. The summed E-state index contributed by atoms with van der Waals surface area (Å²) in [5.74, 6) is 0.0881. The van der Waals surface area contributed by atoms with Crippen molar-refractivity contribution in [1.29, 1.82) is 0 Å². The van der Waals surface area contributed by atoms with Crippen LogP contribution < -0.4 is 4.90 Å². The Hall–Kier alpha value is -1.59. The first-order chi connectivity index (χ1) is 10.6. The number of rotatable bonds is 2. The predicted molar refractivity (Wildman–Crippen MR) is 91.0 cm³/mol. The molecule has 1 aliphatic rings. The van der Waals surface area contributed by atoms with E-state index in [9.17, 15) is 4.79 Å². The summed E-state index contributed by atoms with van der Waals surface area (Å²) in [5, 5.41) is 0. The Morgan fingerprint density at radius 3 is 2.82 bits per heavy atom. The fourth-order valence-electron chi connectivity index (χ4n) is 2.77. The molecule has 6 heteroatoms. The fourth-order valence-corrected chi connectivity index (χ4v) is 3.78. The average molecular weight is 336 g/mol. The molecule has 0 unspecified atom stereocenters. The molecule has 1 aliphatic heterocycles. The molecule has 0 atom stereocenters. The number of carbonyl (C=O) groups is 1. The molecule has 1 amide bonds. The van der Waals surface area contributed by atoms with Crippen LogP contribution >= 0.6 is 22.9 Å². The molecule has 22 heavy (non-hydrogen) atoms. The minimum absolute atomic E-state index is 0.0881. The molecule has 0 spiro atoms. The highest BCUT2D eigenvalue weighted by atomic mass is 35.5. The number of aryl methyl sites for hydroxylation is 1. The number of aromatic nitrogens is 1. The second kappa shape index (κ2) is 6.67. The lowest BCUT2D eigenvalue weighted by Gasteiger charge is -2.24. The van der Waals surface area contributed by atoms with Gasteiger partial charge in [0, 0.05) is 44.3 Å². The van der Waals surface area contributed by atoms with Crippen molar-refractivity contribution < 1.29 is 4.79 Å². The molecule has 0 bridgehead atoms. The first-order valence-corrected chi connectivity index (χ1v) is 8.55. The van der Waals surface area contributed by atoms with Crippen LogP contribution in [0.1, 0.15) is 21.7 Å². The lowest BCUT2D eigenvalue weighted by Crippen LogP contribution is -2.35. The summed E-state index contributed by atoms with van der Waals surface area (Å²) in [6.45, 7) is 5.39. The van der Waals surface area contributed by atoms with E-state index in [0.29, 0.717) is 4.34 Å². The Labute approximate surface area is 139 Å². The van der Waals surface area contributed by atoms with Crippen LogP contribution in [0.5, 0.6) is 0 Å². The Kier molecular flexibility index (Phi) is 4.64. The van der Waals surface area contributed by atoms with Crippen LogP contribution in [-0.4, -0.2) is 42.0 Å². The topological polar surface area (TPSA) is 36.4 Å². The van der Waals surface area contributed by atoms with Gasteiger partial charge in [-0.2, -0.15) is 0 Å². The standard InChI is InChI=1S/C16H18ClN3OS/c1-12-11-18-6-5-13(12)19-7-2-8-20(10-9-19)16(21)14-3-4-15(17)22-14/h3-6,11H,2,7-10H2,1H3. The molecule has 0 saturated carbocycles. The number of amides is 1. The maximum absolute atomic E-state index is 12.5. The number of anilines is 1. The molecule has 3 heterocycles. The first kappa shape index (κ1) is 15.3. The summed E-state index contributed by atoms with van der Waals surface area (Å²) in [7, 11) is 0. The Balaban J connectivity index is 1.70. The zero-order chi connectivity index (χ0) is 15.5. The van der Waals surface area contributed by atoms with E-state index in [2.05, 4.69) is 16.8 Å². The van der Waals surface area contributed by atoms with Gasteiger partial charge in [0.2, 0.25) is 0 Å². The van der Waals surface area contributed by atoms with E-state index in [4.69, 9.17) is 11.6 Å². The summed E-state index contributed by atoms with van der Waals surface area (Å²) in [6, 6.07) is 5.64. The van der Waals surface area contributed by atoms with E-state index >= 15 is 0 Å². The highest BCUT2D eigenvalue weighted by Gasteiger charge is 2.22. The zero-order valence-electron chi connectivity index (χ0n) is 12.5. The predicted octanol–water partition coefficient (Wildman–Crippen LogP) is 3.46. The van der Waals surface area contributed by atoms with Crippen molar-refractivity contribution in [3.63, 3.8) is 0 Å². The molecular weight excluding hydrogens is 318 g/mol. The fraction of sp³-hybridized carbons (Fsp3) is 0.375. The number of nitrogens with zero attached hydrogens (tertiary/aromatic N) is 3. The van der Waals surface area contributed by atoms with Crippen LogP contribution in [0, 0.1) is 6.92 Å². The minimum atomic E-state index is 0.0881. The normalized spacial score (nSPS) is 15.7. The van der Waals surface area contributed by atoms with Crippen LogP contribution in [0.25, 0.3) is 0 Å². The third kappa shape index (κ3) is 3.25. The molecule has 1 fully saturated rings. The van der Waals surface area contributed by atoms with Gasteiger partial charge in [0.1, 0.15) is 0 Å². The number of hydrogen-bond donors (Lipinski definition) is 0. The second-order valence-corrected chi connectivity index (χ2v) is 7.11. The van der Waals surface area contributed by atoms with Crippen molar-refractivity contribution in [2.45, 2.75) is 13.3 Å². The van der Waals surface area contributed by atoms with Gasteiger partial charge in [0.15, 0.2) is 0 Å². The number of pyridine rings is 1. The Morgan fingerprint density at radius 2 is 2.09 bits per heavy atom. The van der Waals surface area contributed by atoms with E-state index in [-0.39, 0.29) is 5.91 Å². The van der Waals surface area contributed by atoms with Crippen molar-refractivity contribution >= 4 is 34.5 Å². The van der Waals surface area contributed by atoms with E-state index < -0.39 is 0 Å². The van der Waals surface area contributed by atoms with E-state index in [1.165, 1.54) is 22.6 Å². The lowest BCUT2D eigenvalue weighted by molar-refractivity contribution is 0.0772. The van der Waals surface area contributed by atoms with Crippen molar-refractivity contribution in [2.75, 3.05) is 31.1 Å². The number of thiophene rings is 1. The summed E-state index contributed by atoms with van der Waals surface area (Å²) in [4.78, 5) is 21.7. The van der Waals surface area contributed by atoms with Gasteiger partial charge in [0.05, 0.1) is 9.21 Å². The lowest BCUT2D eigenvalue weighted by atomic mass is 10.2. The van der Waals surface area contributed by atoms with Gasteiger partial charge in [-0.3, -0.25) is 9.78 Å². The van der Waals surface area contributed by atoms with Crippen molar-refractivity contribution in [3.05, 3.63) is 45.4 Å². The van der Waals surface area contributed by atoms with Crippen LogP contribution in [-0.2, 0) is 0 Å². The third-order valence-corrected chi connectivity index (χ3v) is 5.12. The van der Waals surface area contributed by atoms with E-state index in [1.807, 2.05) is 29.4 Å². The Bertz CT molecular complexity index is 673. The maximum Gasteiger partial charge on any atom is 0.264 e. The largest absolute Gasteiger partial charge is 0.369 e. The molecule has 0 aliphatic carbocycles. The SMILES string of the molecule is Cc1cnccc1N1CCCN(C(=O)c2ccc(Cl)s2)CC1. The highest BCUT2D eigenvalue weighted by molar-refractivity contribution is 7.17. The number of halogens is 1. The summed E-state index contributed by atoms with van der Waals surface area (Å²) < 4.78 is 0.659. The monoisotopic (exact) mass is 335 g/mol. The van der Waals surface area contributed by atoms with Gasteiger partial charge in [0.25, 0.3) is 5.91 Å². The quantitative estimate of drug-likeness (QED) is 0.843. The zero-order valence-corrected chi connectivity index (χ0v) is 14.0. The highest BCUT2D eigenvalue weighted by Crippen LogP contribution is 2.24. The molecule has 2 aromatic rings. The van der Waals surface area contributed by atoms with Gasteiger partial charge >= 0.3 is 0 Å². The molecule has 3 rings (SSSR count). The smallest absolute Gasteiger partial charge is 0.264 e. The third-order valence-electron chi connectivity index (χ3n) is 3.90. The van der Waals surface area contributed by atoms with Crippen LogP contribution in [0.4, 0.5) is 5.69 Å². The van der Waals surface area contributed by atoms with Crippen molar-refractivity contribution in [3.8, 4) is 0 Å². The molecule has 0 radical (unpaired) electrons. The summed E-state index contributed by atoms with van der Waals surface area (Å²) in [5.41, 5.74) is 2.38. The molecule has 0 N–H and O–H groups in total. The van der Waals surface area contributed by atoms with Gasteiger partial charge in [-0.05, 0) is 37.1 Å².